The molecule has 0 saturated carbocycles. The van der Waals surface area contributed by atoms with Gasteiger partial charge in [0, 0.05) is 43.4 Å². The van der Waals surface area contributed by atoms with Crippen molar-refractivity contribution in [3.63, 3.8) is 0 Å². The molecule has 35 heavy (non-hydrogen) atoms. The Morgan fingerprint density at radius 2 is 2.03 bits per heavy atom. The molecule has 4 rings (SSSR count). The molecule has 0 radical (unpaired) electrons. The quantitative estimate of drug-likeness (QED) is 0.439. The van der Waals surface area contributed by atoms with Crippen molar-refractivity contribution in [1.29, 1.82) is 0 Å². The first-order chi connectivity index (χ1) is 16.9. The van der Waals surface area contributed by atoms with E-state index in [9.17, 15) is 9.59 Å². The van der Waals surface area contributed by atoms with Crippen LogP contribution in [-0.2, 0) is 11.3 Å². The fraction of sp³-hybridized carbons (Fsp3) is 0.346. The van der Waals surface area contributed by atoms with E-state index in [0.717, 1.165) is 34.1 Å². The zero-order chi connectivity index (χ0) is 24.8. The van der Waals surface area contributed by atoms with Crippen molar-refractivity contribution in [3.8, 4) is 5.75 Å². The van der Waals surface area contributed by atoms with Crippen molar-refractivity contribution in [2.24, 2.45) is 5.73 Å². The first-order valence-electron chi connectivity index (χ1n) is 11.6. The minimum atomic E-state index is -0.765. The van der Waals surface area contributed by atoms with Crippen LogP contribution in [0, 0.1) is 6.92 Å². The van der Waals surface area contributed by atoms with Crippen LogP contribution in [0.25, 0.3) is 0 Å². The van der Waals surface area contributed by atoms with Crippen molar-refractivity contribution in [3.05, 3.63) is 75.7 Å². The number of nitrogens with two attached hydrogens (primary N) is 1. The zero-order valence-corrected chi connectivity index (χ0v) is 20.8. The molecule has 0 aliphatic carbocycles. The van der Waals surface area contributed by atoms with Crippen LogP contribution >= 0.6 is 11.3 Å². The van der Waals surface area contributed by atoms with Crippen LogP contribution in [0.3, 0.4) is 0 Å². The summed E-state index contributed by atoms with van der Waals surface area (Å²) in [6.07, 6.45) is 2.10. The molecule has 8 nitrogen and oxygen atoms in total. The van der Waals surface area contributed by atoms with Gasteiger partial charge in [0.1, 0.15) is 11.9 Å². The normalized spacial score (nSPS) is 14.3. The number of primary amides is 1. The summed E-state index contributed by atoms with van der Waals surface area (Å²) >= 11 is 1.63. The first kappa shape index (κ1) is 24.5. The SMILES string of the molecule is Cc1cc2c(cn1)C(=O)N(Cc1ccc(OC(CCCOC(N)=O)c3cccs3)cc1)CCN2C. The van der Waals surface area contributed by atoms with E-state index in [2.05, 4.69) is 9.88 Å². The predicted molar refractivity (Wildman–Crippen MR) is 136 cm³/mol. The van der Waals surface area contributed by atoms with Crippen molar-refractivity contribution in [1.82, 2.24) is 9.88 Å². The van der Waals surface area contributed by atoms with E-state index in [1.807, 2.05) is 66.7 Å². The van der Waals surface area contributed by atoms with Gasteiger partial charge in [0.2, 0.25) is 0 Å². The van der Waals surface area contributed by atoms with Crippen molar-refractivity contribution < 1.29 is 19.1 Å². The van der Waals surface area contributed by atoms with Crippen LogP contribution in [0.5, 0.6) is 5.75 Å². The highest BCUT2D eigenvalue weighted by Gasteiger charge is 2.25. The van der Waals surface area contributed by atoms with Crippen molar-refractivity contribution >= 4 is 29.0 Å². The number of hydrogen-bond acceptors (Lipinski definition) is 7. The van der Waals surface area contributed by atoms with Gasteiger partial charge in [0.25, 0.3) is 5.91 Å². The topological polar surface area (TPSA) is 98.0 Å². The molecule has 3 heterocycles. The summed E-state index contributed by atoms with van der Waals surface area (Å²) in [5.74, 6) is 0.739. The molecule has 0 bridgehead atoms. The highest BCUT2D eigenvalue weighted by molar-refractivity contribution is 7.10. The number of anilines is 1. The van der Waals surface area contributed by atoms with E-state index < -0.39 is 6.09 Å². The number of likely N-dealkylation sites (N-methyl/N-ethyl adjacent to an activating group) is 1. The fourth-order valence-electron chi connectivity index (χ4n) is 4.07. The maximum absolute atomic E-state index is 13.2. The summed E-state index contributed by atoms with van der Waals surface area (Å²) in [7, 11) is 2.01. The van der Waals surface area contributed by atoms with Crippen LogP contribution < -0.4 is 15.4 Å². The molecule has 2 N–H and O–H groups in total. The number of nitrogens with zero attached hydrogens (tertiary/aromatic N) is 3. The summed E-state index contributed by atoms with van der Waals surface area (Å²) in [5, 5.41) is 2.01. The number of fused-ring (bicyclic) bond motifs is 1. The summed E-state index contributed by atoms with van der Waals surface area (Å²) in [5.41, 5.74) is 8.53. The Morgan fingerprint density at radius 1 is 1.23 bits per heavy atom. The molecule has 1 aliphatic heterocycles. The van der Waals surface area contributed by atoms with E-state index in [-0.39, 0.29) is 18.6 Å². The number of aryl methyl sites for hydroxylation is 1. The predicted octanol–water partition coefficient (Wildman–Crippen LogP) is 4.54. The molecule has 9 heteroatoms. The van der Waals surface area contributed by atoms with Gasteiger partial charge in [-0.2, -0.15) is 0 Å². The number of thiophene rings is 1. The molecule has 0 spiro atoms. The Balaban J connectivity index is 1.41. The van der Waals surface area contributed by atoms with Crippen LogP contribution in [0.4, 0.5) is 10.5 Å². The third kappa shape index (κ3) is 6.30. The van der Waals surface area contributed by atoms with Gasteiger partial charge in [-0.15, -0.1) is 11.3 Å². The Bertz CT molecular complexity index is 1150. The van der Waals surface area contributed by atoms with E-state index >= 15 is 0 Å². The van der Waals surface area contributed by atoms with Crippen molar-refractivity contribution in [2.45, 2.75) is 32.4 Å². The number of carbonyl (C=O) groups excluding carboxylic acids is 2. The molecule has 1 unspecified atom stereocenters. The molecule has 1 aromatic carbocycles. The molecule has 1 aliphatic rings. The van der Waals surface area contributed by atoms with E-state index in [1.165, 1.54) is 0 Å². The Hall–Kier alpha value is -3.59. The number of hydrogen-bond donors (Lipinski definition) is 1. The second kappa shape index (κ2) is 11.2. The second-order valence-electron chi connectivity index (χ2n) is 8.57. The summed E-state index contributed by atoms with van der Waals surface area (Å²) in [6, 6.07) is 13.8. The van der Waals surface area contributed by atoms with Gasteiger partial charge in [0.05, 0.1) is 17.9 Å². The minimum absolute atomic E-state index is 0.00637. The number of aromatic nitrogens is 1. The number of ether oxygens (including phenoxy) is 2. The fourth-order valence-corrected chi connectivity index (χ4v) is 4.86. The van der Waals surface area contributed by atoms with Gasteiger partial charge in [0.15, 0.2) is 0 Å². The third-order valence-electron chi connectivity index (χ3n) is 5.94. The lowest BCUT2D eigenvalue weighted by Gasteiger charge is -2.22. The highest BCUT2D eigenvalue weighted by atomic mass is 32.1. The van der Waals surface area contributed by atoms with Crippen LogP contribution in [0.2, 0.25) is 0 Å². The standard InChI is InChI=1S/C26H30N4O4S/c1-18-15-22-21(16-28-18)25(31)30(12-11-29(22)2)17-19-7-9-20(10-8-19)34-23(24-6-4-14-35-24)5-3-13-33-26(27)32/h4,6-10,14-16,23H,3,5,11-13,17H2,1-2H3,(H2,27,32). The largest absolute Gasteiger partial charge is 0.485 e. The first-order valence-corrected chi connectivity index (χ1v) is 12.5. The van der Waals surface area contributed by atoms with E-state index in [4.69, 9.17) is 15.2 Å². The molecular formula is C26H30N4O4S. The molecule has 184 valence electrons. The smallest absolute Gasteiger partial charge is 0.404 e. The minimum Gasteiger partial charge on any atom is -0.485 e. The summed E-state index contributed by atoms with van der Waals surface area (Å²) < 4.78 is 11.1. The van der Waals surface area contributed by atoms with Gasteiger partial charge in [-0.05, 0) is 55.0 Å². The van der Waals surface area contributed by atoms with Gasteiger partial charge in [-0.25, -0.2) is 4.79 Å². The molecule has 0 fully saturated rings. The van der Waals surface area contributed by atoms with Gasteiger partial charge >= 0.3 is 6.09 Å². The Kier molecular flexibility index (Phi) is 7.87. The van der Waals surface area contributed by atoms with E-state index in [1.54, 1.807) is 17.5 Å². The average molecular weight is 495 g/mol. The van der Waals surface area contributed by atoms with E-state index in [0.29, 0.717) is 31.5 Å². The lowest BCUT2D eigenvalue weighted by Crippen LogP contribution is -2.33. The summed E-state index contributed by atoms with van der Waals surface area (Å²) in [4.78, 5) is 33.4. The van der Waals surface area contributed by atoms with Crippen LogP contribution in [0.15, 0.2) is 54.0 Å². The lowest BCUT2D eigenvalue weighted by atomic mass is 10.1. The molecule has 1 atom stereocenters. The number of benzene rings is 1. The third-order valence-corrected chi connectivity index (χ3v) is 6.91. The monoisotopic (exact) mass is 494 g/mol. The van der Waals surface area contributed by atoms with Gasteiger partial charge in [-0.3, -0.25) is 9.78 Å². The Labute approximate surface area is 209 Å². The number of amides is 2. The number of rotatable bonds is 9. The molecular weight excluding hydrogens is 464 g/mol. The summed E-state index contributed by atoms with van der Waals surface area (Å²) in [6.45, 7) is 4.10. The highest BCUT2D eigenvalue weighted by Crippen LogP contribution is 2.30. The van der Waals surface area contributed by atoms with Crippen molar-refractivity contribution in [2.75, 3.05) is 31.6 Å². The second-order valence-corrected chi connectivity index (χ2v) is 9.55. The van der Waals surface area contributed by atoms with Gasteiger partial charge in [-0.1, -0.05) is 18.2 Å². The molecule has 2 amide bonds. The molecule has 0 saturated heterocycles. The molecule has 2 aromatic heterocycles. The van der Waals surface area contributed by atoms with Gasteiger partial charge < -0.3 is 25.0 Å². The number of carbonyl (C=O) groups is 2. The maximum Gasteiger partial charge on any atom is 0.404 e. The maximum atomic E-state index is 13.2. The lowest BCUT2D eigenvalue weighted by molar-refractivity contribution is 0.0754. The zero-order valence-electron chi connectivity index (χ0n) is 20.0. The van der Waals surface area contributed by atoms with Crippen LogP contribution in [-0.4, -0.2) is 48.6 Å². The average Bonchev–Trinajstić information content (AvgIpc) is 3.35. The Morgan fingerprint density at radius 3 is 2.74 bits per heavy atom. The number of pyridine rings is 1. The van der Waals surface area contributed by atoms with Crippen LogP contribution in [0.1, 0.15) is 45.4 Å². The molecule has 3 aromatic rings.